The molecule has 1 amide bonds. The molecule has 1 aliphatic rings. The van der Waals surface area contributed by atoms with E-state index >= 15 is 0 Å². The van der Waals surface area contributed by atoms with Crippen LogP contribution < -0.4 is 16.0 Å². The predicted molar refractivity (Wildman–Crippen MR) is 113 cm³/mol. The van der Waals surface area contributed by atoms with Crippen LogP contribution >= 0.6 is 28.1 Å². The quantitative estimate of drug-likeness (QED) is 0.634. The lowest BCUT2D eigenvalue weighted by Gasteiger charge is -2.35. The number of aryl methyl sites for hydroxylation is 2. The van der Waals surface area contributed by atoms with Gasteiger partial charge in [-0.1, -0.05) is 46.8 Å². The Kier molecular flexibility index (Phi) is 5.44. The number of thiocarbonyl (C=S) groups is 1. The molecule has 4 nitrogen and oxygen atoms in total. The maximum absolute atomic E-state index is 13.1. The zero-order valence-electron chi connectivity index (χ0n) is 14.6. The standard InChI is InChI=1S/C20H20BrN3OS/c1-11-8-12(2)10-14(9-11)23-19(25)17-13(3)22-20(26)24-18(17)15-6-4-5-7-16(15)21/h4-10,17-18H,3H2,1-2H3,(H,23,25)(H2,22,24,26)/t17-,18+/m0/s1. The number of rotatable bonds is 3. The number of benzene rings is 2. The van der Waals surface area contributed by atoms with E-state index in [9.17, 15) is 4.79 Å². The summed E-state index contributed by atoms with van der Waals surface area (Å²) in [5.41, 5.74) is 4.51. The molecule has 2 atom stereocenters. The van der Waals surface area contributed by atoms with Gasteiger partial charge in [0.1, 0.15) is 5.92 Å². The van der Waals surface area contributed by atoms with Gasteiger partial charge in [-0.2, -0.15) is 0 Å². The number of carbonyl (C=O) groups is 1. The lowest BCUT2D eigenvalue weighted by molar-refractivity contribution is -0.119. The monoisotopic (exact) mass is 429 g/mol. The average Bonchev–Trinajstić information content (AvgIpc) is 2.53. The first-order valence-corrected chi connectivity index (χ1v) is 9.45. The highest BCUT2D eigenvalue weighted by Gasteiger charge is 2.37. The summed E-state index contributed by atoms with van der Waals surface area (Å²) in [4.78, 5) is 13.1. The first-order chi connectivity index (χ1) is 12.3. The van der Waals surface area contributed by atoms with Crippen molar-refractivity contribution in [1.29, 1.82) is 0 Å². The maximum atomic E-state index is 13.1. The number of halogens is 1. The van der Waals surface area contributed by atoms with Crippen molar-refractivity contribution < 1.29 is 4.79 Å². The number of carbonyl (C=O) groups excluding carboxylic acids is 1. The second-order valence-electron chi connectivity index (χ2n) is 6.47. The van der Waals surface area contributed by atoms with E-state index < -0.39 is 5.92 Å². The molecule has 2 aromatic rings. The summed E-state index contributed by atoms with van der Waals surface area (Å²) >= 11 is 8.85. The van der Waals surface area contributed by atoms with Gasteiger partial charge in [0.25, 0.3) is 0 Å². The van der Waals surface area contributed by atoms with Gasteiger partial charge in [0.15, 0.2) is 5.11 Å². The van der Waals surface area contributed by atoms with E-state index in [0.717, 1.165) is 26.9 Å². The van der Waals surface area contributed by atoms with Crippen molar-refractivity contribution in [3.8, 4) is 0 Å². The van der Waals surface area contributed by atoms with Gasteiger partial charge in [-0.25, -0.2) is 0 Å². The molecule has 1 aliphatic heterocycles. The molecule has 1 fully saturated rings. The van der Waals surface area contributed by atoms with Crippen LogP contribution in [0.1, 0.15) is 22.7 Å². The molecule has 2 aromatic carbocycles. The van der Waals surface area contributed by atoms with Crippen molar-refractivity contribution in [2.45, 2.75) is 19.9 Å². The highest BCUT2D eigenvalue weighted by atomic mass is 79.9. The van der Waals surface area contributed by atoms with E-state index in [1.165, 1.54) is 0 Å². The van der Waals surface area contributed by atoms with Crippen molar-refractivity contribution in [3.05, 3.63) is 75.9 Å². The van der Waals surface area contributed by atoms with Gasteiger partial charge in [-0.3, -0.25) is 4.79 Å². The number of amides is 1. The van der Waals surface area contributed by atoms with Gasteiger partial charge in [-0.05, 0) is 61.0 Å². The molecule has 1 heterocycles. The van der Waals surface area contributed by atoms with Crippen LogP contribution in [0.25, 0.3) is 0 Å². The zero-order valence-corrected chi connectivity index (χ0v) is 17.0. The number of nitrogens with one attached hydrogen (secondary N) is 3. The van der Waals surface area contributed by atoms with Crippen LogP contribution in [-0.2, 0) is 4.79 Å². The van der Waals surface area contributed by atoms with Gasteiger partial charge in [0.2, 0.25) is 5.91 Å². The molecular weight excluding hydrogens is 410 g/mol. The molecule has 0 radical (unpaired) electrons. The summed E-state index contributed by atoms with van der Waals surface area (Å²) in [7, 11) is 0. The molecule has 3 rings (SSSR count). The third-order valence-corrected chi connectivity index (χ3v) is 5.22. The molecule has 0 spiro atoms. The highest BCUT2D eigenvalue weighted by molar-refractivity contribution is 9.10. The van der Waals surface area contributed by atoms with Crippen molar-refractivity contribution in [1.82, 2.24) is 10.6 Å². The number of hydrogen-bond acceptors (Lipinski definition) is 2. The molecule has 1 saturated heterocycles. The molecule has 6 heteroatoms. The Morgan fingerprint density at radius 1 is 1.19 bits per heavy atom. The second kappa shape index (κ2) is 7.60. The third kappa shape index (κ3) is 3.97. The molecule has 0 unspecified atom stereocenters. The molecule has 0 saturated carbocycles. The summed E-state index contributed by atoms with van der Waals surface area (Å²) in [6.45, 7) is 8.05. The Morgan fingerprint density at radius 3 is 2.50 bits per heavy atom. The molecule has 0 aromatic heterocycles. The fraction of sp³-hybridized carbons (Fsp3) is 0.200. The van der Waals surface area contributed by atoms with Crippen molar-refractivity contribution in [3.63, 3.8) is 0 Å². The minimum absolute atomic E-state index is 0.136. The maximum Gasteiger partial charge on any atom is 0.235 e. The summed E-state index contributed by atoms with van der Waals surface area (Å²) in [6.07, 6.45) is 0. The smallest absolute Gasteiger partial charge is 0.235 e. The molecule has 134 valence electrons. The van der Waals surface area contributed by atoms with Crippen LogP contribution in [0.15, 0.2) is 59.2 Å². The van der Waals surface area contributed by atoms with Crippen LogP contribution in [0.5, 0.6) is 0 Å². The minimum atomic E-state index is -0.513. The average molecular weight is 430 g/mol. The normalized spacial score (nSPS) is 19.5. The highest BCUT2D eigenvalue weighted by Crippen LogP contribution is 2.34. The van der Waals surface area contributed by atoms with E-state index in [4.69, 9.17) is 12.2 Å². The van der Waals surface area contributed by atoms with Gasteiger partial charge in [0.05, 0.1) is 6.04 Å². The fourth-order valence-electron chi connectivity index (χ4n) is 3.25. The fourth-order valence-corrected chi connectivity index (χ4v) is 4.04. The van der Waals surface area contributed by atoms with Crippen molar-refractivity contribution >= 4 is 44.9 Å². The van der Waals surface area contributed by atoms with E-state index in [1.54, 1.807) is 0 Å². The first kappa shape index (κ1) is 18.6. The minimum Gasteiger partial charge on any atom is -0.354 e. The first-order valence-electron chi connectivity index (χ1n) is 8.25. The van der Waals surface area contributed by atoms with Crippen LogP contribution in [-0.4, -0.2) is 11.0 Å². The predicted octanol–water partition coefficient (Wildman–Crippen LogP) is 4.35. The largest absolute Gasteiger partial charge is 0.354 e. The second-order valence-corrected chi connectivity index (χ2v) is 7.73. The third-order valence-electron chi connectivity index (χ3n) is 4.28. The van der Waals surface area contributed by atoms with Crippen LogP contribution in [0.3, 0.4) is 0 Å². The Balaban J connectivity index is 1.93. The molecular formula is C20H20BrN3OS. The van der Waals surface area contributed by atoms with Crippen molar-refractivity contribution in [2.24, 2.45) is 5.92 Å². The van der Waals surface area contributed by atoms with Gasteiger partial charge >= 0.3 is 0 Å². The Hall–Kier alpha value is -2.18. The SMILES string of the molecule is C=C1NC(=S)N[C@H](c2ccccc2Br)[C@H]1C(=O)Nc1cc(C)cc(C)c1. The van der Waals surface area contributed by atoms with Crippen LogP contribution in [0.2, 0.25) is 0 Å². The molecule has 26 heavy (non-hydrogen) atoms. The van der Waals surface area contributed by atoms with E-state index in [0.29, 0.717) is 10.8 Å². The topological polar surface area (TPSA) is 53.2 Å². The summed E-state index contributed by atoms with van der Waals surface area (Å²) < 4.78 is 0.916. The van der Waals surface area contributed by atoms with Crippen LogP contribution in [0.4, 0.5) is 5.69 Å². The van der Waals surface area contributed by atoms with E-state index in [1.807, 2.05) is 50.2 Å². The zero-order chi connectivity index (χ0) is 18.8. The van der Waals surface area contributed by atoms with E-state index in [2.05, 4.69) is 44.5 Å². The molecule has 0 bridgehead atoms. The van der Waals surface area contributed by atoms with Gasteiger partial charge < -0.3 is 16.0 Å². The molecule has 3 N–H and O–H groups in total. The lowest BCUT2D eigenvalue weighted by Crippen LogP contribution is -2.51. The summed E-state index contributed by atoms with van der Waals surface area (Å²) in [5, 5.41) is 9.68. The Labute approximate surface area is 167 Å². The van der Waals surface area contributed by atoms with Gasteiger partial charge in [0, 0.05) is 15.9 Å². The van der Waals surface area contributed by atoms with Crippen LogP contribution in [0, 0.1) is 19.8 Å². The molecule has 0 aliphatic carbocycles. The summed E-state index contributed by atoms with van der Waals surface area (Å²) in [5.74, 6) is -0.649. The number of anilines is 1. The Bertz CT molecular complexity index is 876. The van der Waals surface area contributed by atoms with E-state index in [-0.39, 0.29) is 11.9 Å². The van der Waals surface area contributed by atoms with Gasteiger partial charge in [-0.15, -0.1) is 0 Å². The number of hydrogen-bond donors (Lipinski definition) is 3. The summed E-state index contributed by atoms with van der Waals surface area (Å²) in [6, 6.07) is 13.5. The van der Waals surface area contributed by atoms with Crippen molar-refractivity contribution in [2.75, 3.05) is 5.32 Å². The Morgan fingerprint density at radius 2 is 1.85 bits per heavy atom. The lowest BCUT2D eigenvalue weighted by atomic mass is 9.88.